The highest BCUT2D eigenvalue weighted by Gasteiger charge is 2.14. The van der Waals surface area contributed by atoms with E-state index in [-0.39, 0.29) is 0 Å². The molecule has 0 spiro atoms. The van der Waals surface area contributed by atoms with Gasteiger partial charge in [0.25, 0.3) is 0 Å². The van der Waals surface area contributed by atoms with E-state index in [9.17, 15) is 0 Å². The minimum atomic E-state index is 0.428. The topological polar surface area (TPSA) is 24.9 Å². The highest BCUT2D eigenvalue weighted by atomic mass is 35.5. The van der Waals surface area contributed by atoms with Crippen LogP contribution in [-0.2, 0) is 6.42 Å². The SMILES string of the molecule is CCCNCC(Cc1ccncc1Cl)c1ccc(C)cc1. The van der Waals surface area contributed by atoms with E-state index in [0.717, 1.165) is 36.5 Å². The van der Waals surface area contributed by atoms with E-state index in [4.69, 9.17) is 11.6 Å². The molecule has 3 heteroatoms. The van der Waals surface area contributed by atoms with Gasteiger partial charge in [-0.05, 0) is 43.5 Å². The summed E-state index contributed by atoms with van der Waals surface area (Å²) in [5.41, 5.74) is 3.81. The van der Waals surface area contributed by atoms with Gasteiger partial charge in [-0.25, -0.2) is 0 Å². The van der Waals surface area contributed by atoms with Crippen molar-refractivity contribution in [3.05, 3.63) is 64.4 Å². The van der Waals surface area contributed by atoms with Gasteiger partial charge in [-0.2, -0.15) is 0 Å². The van der Waals surface area contributed by atoms with Crippen molar-refractivity contribution in [1.82, 2.24) is 10.3 Å². The number of nitrogens with zero attached hydrogens (tertiary/aromatic N) is 1. The monoisotopic (exact) mass is 302 g/mol. The molecule has 1 aromatic heterocycles. The van der Waals surface area contributed by atoms with Gasteiger partial charge in [0.2, 0.25) is 0 Å². The predicted molar refractivity (Wildman–Crippen MR) is 90.0 cm³/mol. The molecule has 0 amide bonds. The summed E-state index contributed by atoms with van der Waals surface area (Å²) in [5, 5.41) is 4.28. The molecule has 0 fully saturated rings. The second-order valence-electron chi connectivity index (χ2n) is 5.48. The number of hydrogen-bond acceptors (Lipinski definition) is 2. The number of aryl methyl sites for hydroxylation is 1. The molecule has 0 radical (unpaired) electrons. The average Bonchev–Trinajstić information content (AvgIpc) is 2.49. The summed E-state index contributed by atoms with van der Waals surface area (Å²) in [7, 11) is 0. The Bertz CT molecular complexity index is 551. The first-order valence-electron chi connectivity index (χ1n) is 7.56. The first kappa shape index (κ1) is 16.0. The normalized spacial score (nSPS) is 12.3. The van der Waals surface area contributed by atoms with E-state index in [1.54, 1.807) is 6.20 Å². The fraction of sp³-hybridized carbons (Fsp3) is 0.389. The number of aromatic nitrogens is 1. The van der Waals surface area contributed by atoms with Gasteiger partial charge in [0.05, 0.1) is 5.02 Å². The smallest absolute Gasteiger partial charge is 0.0621 e. The standard InChI is InChI=1S/C18H23ClN2/c1-3-9-20-12-17(15-6-4-14(2)5-7-15)11-16-8-10-21-13-18(16)19/h4-8,10,13,17,20H,3,9,11-12H2,1-2H3. The van der Waals surface area contributed by atoms with Crippen molar-refractivity contribution in [2.24, 2.45) is 0 Å². The lowest BCUT2D eigenvalue weighted by Crippen LogP contribution is -2.23. The summed E-state index contributed by atoms with van der Waals surface area (Å²) in [6.45, 7) is 6.32. The second kappa shape index (κ2) is 8.16. The molecule has 0 saturated carbocycles. The van der Waals surface area contributed by atoms with Crippen LogP contribution in [0.15, 0.2) is 42.7 Å². The molecule has 1 N–H and O–H groups in total. The molecule has 1 unspecified atom stereocenters. The van der Waals surface area contributed by atoms with Gasteiger partial charge in [0.1, 0.15) is 0 Å². The molecule has 0 aliphatic heterocycles. The molecule has 2 nitrogen and oxygen atoms in total. The van der Waals surface area contributed by atoms with Crippen LogP contribution in [0.4, 0.5) is 0 Å². The summed E-state index contributed by atoms with van der Waals surface area (Å²) in [4.78, 5) is 4.06. The van der Waals surface area contributed by atoms with E-state index in [1.165, 1.54) is 11.1 Å². The molecule has 0 aliphatic rings. The van der Waals surface area contributed by atoms with Crippen molar-refractivity contribution >= 4 is 11.6 Å². The van der Waals surface area contributed by atoms with Crippen LogP contribution in [0.5, 0.6) is 0 Å². The Hall–Kier alpha value is -1.38. The molecule has 2 aromatic rings. The Balaban J connectivity index is 2.15. The molecule has 1 aromatic carbocycles. The fourth-order valence-corrected chi connectivity index (χ4v) is 2.63. The van der Waals surface area contributed by atoms with Gasteiger partial charge < -0.3 is 5.32 Å². The minimum absolute atomic E-state index is 0.428. The van der Waals surface area contributed by atoms with Crippen LogP contribution in [0.25, 0.3) is 0 Å². The van der Waals surface area contributed by atoms with Gasteiger partial charge in [-0.1, -0.05) is 48.4 Å². The maximum atomic E-state index is 6.26. The maximum Gasteiger partial charge on any atom is 0.0621 e. The first-order valence-corrected chi connectivity index (χ1v) is 7.94. The molecule has 21 heavy (non-hydrogen) atoms. The summed E-state index contributed by atoms with van der Waals surface area (Å²) < 4.78 is 0. The van der Waals surface area contributed by atoms with Gasteiger partial charge in [0.15, 0.2) is 0 Å². The lowest BCUT2D eigenvalue weighted by Gasteiger charge is -2.19. The quantitative estimate of drug-likeness (QED) is 0.768. The van der Waals surface area contributed by atoms with Crippen molar-refractivity contribution < 1.29 is 0 Å². The highest BCUT2D eigenvalue weighted by molar-refractivity contribution is 6.31. The zero-order valence-corrected chi connectivity index (χ0v) is 13.5. The summed E-state index contributed by atoms with van der Waals surface area (Å²) >= 11 is 6.26. The van der Waals surface area contributed by atoms with Crippen LogP contribution < -0.4 is 5.32 Å². The van der Waals surface area contributed by atoms with E-state index in [2.05, 4.69) is 48.4 Å². The Morgan fingerprint density at radius 2 is 1.95 bits per heavy atom. The summed E-state index contributed by atoms with van der Waals surface area (Å²) in [6.07, 6.45) is 5.62. The van der Waals surface area contributed by atoms with Crippen molar-refractivity contribution in [1.29, 1.82) is 0 Å². The van der Waals surface area contributed by atoms with Gasteiger partial charge >= 0.3 is 0 Å². The average molecular weight is 303 g/mol. The molecular weight excluding hydrogens is 280 g/mol. The minimum Gasteiger partial charge on any atom is -0.316 e. The molecule has 1 heterocycles. The van der Waals surface area contributed by atoms with Crippen molar-refractivity contribution in [3.8, 4) is 0 Å². The van der Waals surface area contributed by atoms with Crippen LogP contribution in [-0.4, -0.2) is 18.1 Å². The number of hydrogen-bond donors (Lipinski definition) is 1. The molecule has 1 atom stereocenters. The Kier molecular flexibility index (Phi) is 6.21. The molecular formula is C18H23ClN2. The van der Waals surface area contributed by atoms with E-state index in [1.807, 2.05) is 12.3 Å². The van der Waals surface area contributed by atoms with Crippen molar-refractivity contribution in [2.45, 2.75) is 32.6 Å². The first-order chi connectivity index (χ1) is 10.2. The van der Waals surface area contributed by atoms with Gasteiger partial charge in [-0.15, -0.1) is 0 Å². The Morgan fingerprint density at radius 3 is 2.62 bits per heavy atom. The molecule has 0 saturated heterocycles. The van der Waals surface area contributed by atoms with Crippen LogP contribution in [0, 0.1) is 6.92 Å². The molecule has 2 rings (SSSR count). The van der Waals surface area contributed by atoms with E-state index >= 15 is 0 Å². The summed E-state index contributed by atoms with van der Waals surface area (Å²) in [5.74, 6) is 0.428. The number of rotatable bonds is 7. The number of halogens is 1. The summed E-state index contributed by atoms with van der Waals surface area (Å²) in [6, 6.07) is 10.8. The lowest BCUT2D eigenvalue weighted by molar-refractivity contribution is 0.576. The second-order valence-corrected chi connectivity index (χ2v) is 5.89. The lowest BCUT2D eigenvalue weighted by atomic mass is 9.91. The molecule has 0 bridgehead atoms. The Morgan fingerprint density at radius 1 is 1.19 bits per heavy atom. The van der Waals surface area contributed by atoms with Gasteiger partial charge in [0, 0.05) is 24.9 Å². The van der Waals surface area contributed by atoms with Crippen LogP contribution in [0.1, 0.15) is 36.0 Å². The number of nitrogens with one attached hydrogen (secondary N) is 1. The van der Waals surface area contributed by atoms with E-state index in [0.29, 0.717) is 5.92 Å². The van der Waals surface area contributed by atoms with Crippen LogP contribution in [0.2, 0.25) is 5.02 Å². The zero-order chi connectivity index (χ0) is 15.1. The Labute approximate surface area is 132 Å². The molecule has 112 valence electrons. The largest absolute Gasteiger partial charge is 0.316 e. The fourth-order valence-electron chi connectivity index (χ4n) is 2.43. The predicted octanol–water partition coefficient (Wildman–Crippen LogP) is 4.37. The zero-order valence-electron chi connectivity index (χ0n) is 12.8. The third-order valence-electron chi connectivity index (χ3n) is 3.69. The number of benzene rings is 1. The van der Waals surface area contributed by atoms with Gasteiger partial charge in [-0.3, -0.25) is 4.98 Å². The van der Waals surface area contributed by atoms with Crippen molar-refractivity contribution in [2.75, 3.05) is 13.1 Å². The third-order valence-corrected chi connectivity index (χ3v) is 4.03. The number of pyridine rings is 1. The van der Waals surface area contributed by atoms with Crippen molar-refractivity contribution in [3.63, 3.8) is 0 Å². The van der Waals surface area contributed by atoms with Crippen LogP contribution >= 0.6 is 11.6 Å². The molecule has 0 aliphatic carbocycles. The maximum absolute atomic E-state index is 6.26. The van der Waals surface area contributed by atoms with E-state index < -0.39 is 0 Å². The van der Waals surface area contributed by atoms with Crippen LogP contribution in [0.3, 0.4) is 0 Å². The third kappa shape index (κ3) is 4.83. The highest BCUT2D eigenvalue weighted by Crippen LogP contribution is 2.24.